The van der Waals surface area contributed by atoms with Crippen molar-refractivity contribution in [2.24, 2.45) is 0 Å². The van der Waals surface area contributed by atoms with E-state index in [1.165, 1.54) is 22.3 Å². The molecule has 4 aromatic carbocycles. The van der Waals surface area contributed by atoms with Gasteiger partial charge < -0.3 is 48.1 Å². The Morgan fingerprint density at radius 3 is 1.58 bits per heavy atom. The molecule has 16 heteroatoms. The Morgan fingerprint density at radius 2 is 1.05 bits per heavy atom. The second-order valence-corrected chi connectivity index (χ2v) is 21.2. The van der Waals surface area contributed by atoms with E-state index in [9.17, 15) is 20.7 Å². The van der Waals surface area contributed by atoms with Crippen LogP contribution in [0.25, 0.3) is 0 Å². The van der Waals surface area contributed by atoms with Crippen LogP contribution in [0.4, 0.5) is 0 Å². The molecule has 73 heavy (non-hydrogen) atoms. The molecular formula is C57H68N6O10. The molecule has 8 aliphatic heterocycles. The molecule has 4 bridgehead atoms. The number of hydrogen-bond donors (Lipinski definition) is 2. The Kier molecular flexibility index (Phi) is 12.3. The van der Waals surface area contributed by atoms with Crippen molar-refractivity contribution in [1.29, 1.82) is 10.5 Å². The molecule has 10 atom stereocenters. The third kappa shape index (κ3) is 6.86. The summed E-state index contributed by atoms with van der Waals surface area (Å²) in [5.41, 5.74) is 13.7. The van der Waals surface area contributed by atoms with Crippen LogP contribution in [0, 0.1) is 57.3 Å². The van der Waals surface area contributed by atoms with Gasteiger partial charge in [-0.15, -0.1) is 0 Å². The van der Waals surface area contributed by atoms with Crippen LogP contribution in [0.1, 0.15) is 123 Å². The highest BCUT2D eigenvalue weighted by Gasteiger charge is 2.58. The average molecular weight is 997 g/mol. The highest BCUT2D eigenvalue weighted by molar-refractivity contribution is 5.67. The predicted octanol–water partition coefficient (Wildman–Crippen LogP) is 8.15. The van der Waals surface area contributed by atoms with E-state index in [-0.39, 0.29) is 92.3 Å². The van der Waals surface area contributed by atoms with Crippen molar-refractivity contribution < 1.29 is 48.1 Å². The fraction of sp³-hybridized carbons (Fsp3) is 0.544. The smallest absolute Gasteiger partial charge is 0.231 e. The summed E-state index contributed by atoms with van der Waals surface area (Å²) in [5, 5.41) is 43.8. The maximum Gasteiger partial charge on any atom is 0.231 e. The quantitative estimate of drug-likeness (QED) is 0.170. The van der Waals surface area contributed by atoms with Gasteiger partial charge in [0.05, 0.1) is 38.4 Å². The zero-order valence-corrected chi connectivity index (χ0v) is 44.1. The van der Waals surface area contributed by atoms with Crippen molar-refractivity contribution in [2.75, 3.05) is 55.8 Å². The van der Waals surface area contributed by atoms with Gasteiger partial charge in [-0.1, -0.05) is 26.0 Å². The second-order valence-electron chi connectivity index (χ2n) is 21.2. The van der Waals surface area contributed by atoms with Crippen LogP contribution in [0.3, 0.4) is 0 Å². The topological polar surface area (TPSA) is 175 Å². The molecule has 8 heterocycles. The molecule has 4 aromatic rings. The van der Waals surface area contributed by atoms with E-state index >= 15 is 0 Å². The number of likely N-dealkylation sites (N-methyl/N-ethyl adjacent to an activating group) is 2. The van der Waals surface area contributed by atoms with Gasteiger partial charge in [0.2, 0.25) is 13.6 Å². The molecule has 16 nitrogen and oxygen atoms in total. The Morgan fingerprint density at radius 1 is 0.575 bits per heavy atom. The van der Waals surface area contributed by atoms with Crippen molar-refractivity contribution >= 4 is 0 Å². The normalized spacial score (nSPS) is 27.9. The van der Waals surface area contributed by atoms with Gasteiger partial charge in [0, 0.05) is 76.7 Å². The molecule has 2 saturated heterocycles. The molecule has 2 N–H and O–H groups in total. The lowest BCUT2D eigenvalue weighted by Gasteiger charge is -2.60. The monoisotopic (exact) mass is 996 g/mol. The van der Waals surface area contributed by atoms with Gasteiger partial charge in [-0.3, -0.25) is 19.6 Å². The van der Waals surface area contributed by atoms with Gasteiger partial charge in [0.15, 0.2) is 52.8 Å². The lowest BCUT2D eigenvalue weighted by molar-refractivity contribution is -0.0743. The number of aryl methyl sites for hydroxylation is 2. The highest BCUT2D eigenvalue weighted by Crippen LogP contribution is 2.61. The fourth-order valence-electron chi connectivity index (χ4n) is 14.9. The Balaban J connectivity index is 0.000000158. The molecule has 0 aliphatic carbocycles. The molecule has 8 aliphatic rings. The first-order chi connectivity index (χ1) is 35.2. The molecule has 386 valence electrons. The van der Waals surface area contributed by atoms with Gasteiger partial charge in [0.1, 0.15) is 17.8 Å². The van der Waals surface area contributed by atoms with Crippen molar-refractivity contribution in [1.82, 2.24) is 19.6 Å². The molecule has 2 fully saturated rings. The average Bonchev–Trinajstić information content (AvgIpc) is 4.08. The fourth-order valence-corrected chi connectivity index (χ4v) is 14.9. The number of nitrogens with zero attached hydrogens (tertiary/aromatic N) is 6. The van der Waals surface area contributed by atoms with Crippen LogP contribution < -0.4 is 33.2 Å². The number of fused-ring (bicyclic) bond motifs is 18. The number of rotatable bonds is 7. The van der Waals surface area contributed by atoms with Crippen LogP contribution in [-0.2, 0) is 30.4 Å². The zero-order valence-electron chi connectivity index (χ0n) is 44.1. The molecular weight excluding hydrogens is 929 g/mol. The number of ether oxygens (including phenoxy) is 8. The lowest BCUT2D eigenvalue weighted by atomic mass is 9.71. The molecule has 2 unspecified atom stereocenters. The molecule has 12 rings (SSSR count). The third-order valence-corrected chi connectivity index (χ3v) is 18.0. The van der Waals surface area contributed by atoms with Crippen LogP contribution in [-0.4, -0.2) is 122 Å². The number of hydrogen-bond acceptors (Lipinski definition) is 16. The van der Waals surface area contributed by atoms with E-state index in [1.807, 2.05) is 20.9 Å². The van der Waals surface area contributed by atoms with Crippen LogP contribution >= 0.6 is 0 Å². The Bertz CT molecular complexity index is 3020. The van der Waals surface area contributed by atoms with E-state index in [0.717, 1.165) is 93.2 Å². The standard InChI is InChI=1S/C30H37N3O5.C27H31N3O5/c1-8-20-25-19(16(3)17(4)28-30(25)38-14-37-28)11-22-26-24-18(10-21(32(26)5)23(12-31)33(20)22)9-15(2)27(35-7)29(24)36-13-34-6;1-6-16-21-15(23(31)13(3)26-27(21)35-11-34-26)9-18-22-20-14(7-12(2)25(33-5)24(20)32)8-17(29(22)4)19(10-28)30(16)18/h9,20-23,26H,8,10-11,13-14H2,1-7H3;7,16-19,22,31-32H,6,8-9,11H2,1-5H3/t20-,21-,22?,23-,26-;16-,17-,18?,19-,22-/m00/s1. The van der Waals surface area contributed by atoms with Gasteiger partial charge in [-0.2, -0.15) is 10.5 Å². The third-order valence-electron chi connectivity index (χ3n) is 18.0. The van der Waals surface area contributed by atoms with Crippen LogP contribution in [0.15, 0.2) is 12.1 Å². The highest BCUT2D eigenvalue weighted by atomic mass is 16.7. The van der Waals surface area contributed by atoms with Gasteiger partial charge >= 0.3 is 0 Å². The Labute approximate surface area is 428 Å². The summed E-state index contributed by atoms with van der Waals surface area (Å²) in [6, 6.07) is 8.87. The predicted molar refractivity (Wildman–Crippen MR) is 270 cm³/mol. The van der Waals surface area contributed by atoms with Crippen LogP contribution in [0.5, 0.6) is 51.7 Å². The first kappa shape index (κ1) is 49.1. The lowest BCUT2D eigenvalue weighted by Crippen LogP contribution is -2.68. The molecule has 0 radical (unpaired) electrons. The summed E-state index contributed by atoms with van der Waals surface area (Å²) in [7, 11) is 9.13. The summed E-state index contributed by atoms with van der Waals surface area (Å²) in [6.45, 7) is 15.0. The van der Waals surface area contributed by atoms with E-state index < -0.39 is 0 Å². The van der Waals surface area contributed by atoms with E-state index in [0.29, 0.717) is 35.7 Å². The van der Waals surface area contributed by atoms with E-state index in [4.69, 9.17) is 37.9 Å². The zero-order chi connectivity index (χ0) is 51.6. The largest absolute Gasteiger partial charge is 0.507 e. The number of piperazine rings is 2. The molecule has 0 saturated carbocycles. The first-order valence-electron chi connectivity index (χ1n) is 25.8. The van der Waals surface area contributed by atoms with Gasteiger partial charge in [-0.25, -0.2) is 0 Å². The van der Waals surface area contributed by atoms with Crippen molar-refractivity contribution in [3.63, 3.8) is 0 Å². The number of phenolic OH excluding ortho intramolecular Hbond substituents is 2. The van der Waals surface area contributed by atoms with Crippen LogP contribution in [0.2, 0.25) is 0 Å². The summed E-state index contributed by atoms with van der Waals surface area (Å²) >= 11 is 0. The summed E-state index contributed by atoms with van der Waals surface area (Å²) < 4.78 is 46.7. The number of methoxy groups -OCH3 is 3. The summed E-state index contributed by atoms with van der Waals surface area (Å²) in [6.07, 6.45) is 4.41. The first-order valence-corrected chi connectivity index (χ1v) is 25.8. The number of aromatic hydroxyl groups is 2. The van der Waals surface area contributed by atoms with Crippen molar-refractivity contribution in [3.8, 4) is 63.9 Å². The molecule has 0 amide bonds. The van der Waals surface area contributed by atoms with Crippen molar-refractivity contribution in [2.45, 2.75) is 147 Å². The number of benzene rings is 4. The minimum Gasteiger partial charge on any atom is -0.507 e. The van der Waals surface area contributed by atoms with Crippen molar-refractivity contribution in [3.05, 3.63) is 84.5 Å². The minimum atomic E-state index is -0.349. The van der Waals surface area contributed by atoms with E-state index in [1.54, 1.807) is 21.3 Å². The summed E-state index contributed by atoms with van der Waals surface area (Å²) in [5.74, 6) is 5.45. The molecule has 0 aromatic heterocycles. The molecule has 0 spiro atoms. The number of phenols is 2. The second kappa shape index (κ2) is 18.4. The Hall–Kier alpha value is -6.14. The van der Waals surface area contributed by atoms with Gasteiger partial charge in [-0.05, 0) is 126 Å². The number of nitriles is 2. The maximum absolute atomic E-state index is 11.4. The SMILES string of the molecule is CC[C@H]1c2c(c(C)c(C)c3c2OCO3)CC2[C@H]3c4c(cc(C)c(OC)c4OCOC)C[C@@H]([C@H](C#N)N21)N3C.CC[C@H]1c2c(c(O)c(C)c3c2OCO3)CC2[C@H]3c4c(cc(C)c(OC)c4O)C[C@@H]([C@H](C#N)N21)N3C. The maximum atomic E-state index is 11.4. The van der Waals surface area contributed by atoms with E-state index in [2.05, 4.69) is 85.5 Å². The minimum absolute atomic E-state index is 0.0270. The summed E-state index contributed by atoms with van der Waals surface area (Å²) in [4.78, 5) is 9.48. The van der Waals surface area contributed by atoms with Gasteiger partial charge in [0.25, 0.3) is 0 Å².